The quantitative estimate of drug-likeness (QED) is 0.717. The highest BCUT2D eigenvalue weighted by Gasteiger charge is 2.18. The SMILES string of the molecule is Cc1cc(C2CCCCN2)c(C)o1. The molecule has 1 N–H and O–H groups in total. The van der Waals surface area contributed by atoms with Crippen molar-refractivity contribution in [3.8, 4) is 0 Å². The third kappa shape index (κ3) is 1.78. The van der Waals surface area contributed by atoms with E-state index in [1.807, 2.05) is 6.92 Å². The van der Waals surface area contributed by atoms with Crippen LogP contribution in [0, 0.1) is 13.8 Å². The number of hydrogen-bond acceptors (Lipinski definition) is 2. The Morgan fingerprint density at radius 1 is 1.38 bits per heavy atom. The van der Waals surface area contributed by atoms with Gasteiger partial charge in [-0.15, -0.1) is 0 Å². The second-order valence-corrected chi connectivity index (χ2v) is 3.87. The zero-order valence-electron chi connectivity index (χ0n) is 8.39. The third-order valence-electron chi connectivity index (χ3n) is 2.77. The summed E-state index contributed by atoms with van der Waals surface area (Å²) in [5.41, 5.74) is 1.36. The van der Waals surface area contributed by atoms with E-state index < -0.39 is 0 Å². The van der Waals surface area contributed by atoms with Gasteiger partial charge < -0.3 is 9.73 Å². The van der Waals surface area contributed by atoms with Gasteiger partial charge in [-0.2, -0.15) is 0 Å². The first-order chi connectivity index (χ1) is 6.27. The van der Waals surface area contributed by atoms with Crippen LogP contribution in [0.15, 0.2) is 10.5 Å². The summed E-state index contributed by atoms with van der Waals surface area (Å²) in [7, 11) is 0. The molecule has 72 valence electrons. The maximum Gasteiger partial charge on any atom is 0.105 e. The van der Waals surface area contributed by atoms with Crippen molar-refractivity contribution in [2.75, 3.05) is 6.54 Å². The van der Waals surface area contributed by atoms with Gasteiger partial charge >= 0.3 is 0 Å². The molecule has 2 heterocycles. The molecule has 1 aromatic heterocycles. The lowest BCUT2D eigenvalue weighted by molar-refractivity contribution is 0.404. The molecule has 1 atom stereocenters. The van der Waals surface area contributed by atoms with Crippen LogP contribution in [0.1, 0.15) is 42.4 Å². The summed E-state index contributed by atoms with van der Waals surface area (Å²) in [6.07, 6.45) is 3.90. The van der Waals surface area contributed by atoms with Crippen LogP contribution in [0.4, 0.5) is 0 Å². The van der Waals surface area contributed by atoms with Gasteiger partial charge in [-0.05, 0) is 39.3 Å². The van der Waals surface area contributed by atoms with Crippen LogP contribution in [0.3, 0.4) is 0 Å². The van der Waals surface area contributed by atoms with Gasteiger partial charge in [0.15, 0.2) is 0 Å². The maximum absolute atomic E-state index is 5.53. The van der Waals surface area contributed by atoms with Gasteiger partial charge in [0, 0.05) is 11.6 Å². The summed E-state index contributed by atoms with van der Waals surface area (Å²) in [4.78, 5) is 0. The molecule has 1 saturated heterocycles. The highest BCUT2D eigenvalue weighted by atomic mass is 16.3. The fourth-order valence-electron chi connectivity index (χ4n) is 2.11. The van der Waals surface area contributed by atoms with Crippen molar-refractivity contribution in [1.29, 1.82) is 0 Å². The van der Waals surface area contributed by atoms with Crippen LogP contribution in [0.5, 0.6) is 0 Å². The lowest BCUT2D eigenvalue weighted by Gasteiger charge is -2.22. The van der Waals surface area contributed by atoms with Gasteiger partial charge in [0.25, 0.3) is 0 Å². The van der Waals surface area contributed by atoms with Crippen LogP contribution >= 0.6 is 0 Å². The van der Waals surface area contributed by atoms with Crippen LogP contribution in [0.2, 0.25) is 0 Å². The Morgan fingerprint density at radius 3 is 2.77 bits per heavy atom. The zero-order chi connectivity index (χ0) is 9.26. The molecule has 1 aromatic rings. The lowest BCUT2D eigenvalue weighted by Crippen LogP contribution is -2.26. The van der Waals surface area contributed by atoms with Gasteiger partial charge in [0.2, 0.25) is 0 Å². The molecule has 2 rings (SSSR count). The average molecular weight is 179 g/mol. The van der Waals surface area contributed by atoms with Crippen molar-refractivity contribution in [2.24, 2.45) is 0 Å². The molecule has 0 radical (unpaired) electrons. The molecule has 1 fully saturated rings. The van der Waals surface area contributed by atoms with E-state index in [1.165, 1.54) is 24.8 Å². The molecule has 0 spiro atoms. The summed E-state index contributed by atoms with van der Waals surface area (Å²) >= 11 is 0. The summed E-state index contributed by atoms with van der Waals surface area (Å²) in [5.74, 6) is 2.11. The number of rotatable bonds is 1. The minimum atomic E-state index is 0.534. The second-order valence-electron chi connectivity index (χ2n) is 3.87. The molecule has 0 aliphatic carbocycles. The van der Waals surface area contributed by atoms with Crippen LogP contribution < -0.4 is 5.32 Å². The average Bonchev–Trinajstić information content (AvgIpc) is 2.47. The van der Waals surface area contributed by atoms with Crippen molar-refractivity contribution in [2.45, 2.75) is 39.2 Å². The topological polar surface area (TPSA) is 25.2 Å². The van der Waals surface area contributed by atoms with E-state index in [0.717, 1.165) is 18.1 Å². The van der Waals surface area contributed by atoms with Gasteiger partial charge in [-0.3, -0.25) is 0 Å². The monoisotopic (exact) mass is 179 g/mol. The largest absolute Gasteiger partial charge is 0.466 e. The summed E-state index contributed by atoms with van der Waals surface area (Å²) in [6, 6.07) is 2.70. The first-order valence-corrected chi connectivity index (χ1v) is 5.07. The Hall–Kier alpha value is -0.760. The Balaban J connectivity index is 2.18. The first kappa shape index (κ1) is 8.82. The van der Waals surface area contributed by atoms with Gasteiger partial charge in [-0.25, -0.2) is 0 Å². The van der Waals surface area contributed by atoms with E-state index in [4.69, 9.17) is 4.42 Å². The number of hydrogen-bond donors (Lipinski definition) is 1. The summed E-state index contributed by atoms with van der Waals surface area (Å²) < 4.78 is 5.53. The zero-order valence-corrected chi connectivity index (χ0v) is 8.39. The van der Waals surface area contributed by atoms with E-state index >= 15 is 0 Å². The van der Waals surface area contributed by atoms with Gasteiger partial charge in [0.1, 0.15) is 11.5 Å². The number of aryl methyl sites for hydroxylation is 2. The third-order valence-corrected chi connectivity index (χ3v) is 2.77. The van der Waals surface area contributed by atoms with Crippen molar-refractivity contribution in [3.05, 3.63) is 23.2 Å². The predicted molar refractivity (Wildman–Crippen MR) is 52.8 cm³/mol. The number of furan rings is 1. The number of nitrogens with one attached hydrogen (secondary N) is 1. The predicted octanol–water partition coefficient (Wildman–Crippen LogP) is 2.71. The highest BCUT2D eigenvalue weighted by Crippen LogP contribution is 2.27. The van der Waals surface area contributed by atoms with E-state index in [-0.39, 0.29) is 0 Å². The Morgan fingerprint density at radius 2 is 2.23 bits per heavy atom. The standard InChI is InChI=1S/C11H17NO/c1-8-7-10(9(2)13-8)11-5-3-4-6-12-11/h7,11-12H,3-6H2,1-2H3. The normalized spacial score (nSPS) is 23.4. The molecular weight excluding hydrogens is 162 g/mol. The molecule has 13 heavy (non-hydrogen) atoms. The van der Waals surface area contributed by atoms with Gasteiger partial charge in [0.05, 0.1) is 0 Å². The number of piperidine rings is 1. The molecule has 1 aliphatic rings. The summed E-state index contributed by atoms with van der Waals surface area (Å²) in [6.45, 7) is 5.21. The first-order valence-electron chi connectivity index (χ1n) is 5.07. The van der Waals surface area contributed by atoms with Crippen LogP contribution in [-0.2, 0) is 0 Å². The minimum absolute atomic E-state index is 0.534. The molecule has 1 aliphatic heterocycles. The smallest absolute Gasteiger partial charge is 0.105 e. The molecule has 0 saturated carbocycles. The summed E-state index contributed by atoms with van der Waals surface area (Å²) in [5, 5.41) is 3.53. The van der Waals surface area contributed by atoms with Crippen LogP contribution in [0.25, 0.3) is 0 Å². The minimum Gasteiger partial charge on any atom is -0.466 e. The maximum atomic E-state index is 5.53. The fourth-order valence-corrected chi connectivity index (χ4v) is 2.11. The fraction of sp³-hybridized carbons (Fsp3) is 0.636. The molecule has 1 unspecified atom stereocenters. The van der Waals surface area contributed by atoms with Crippen molar-refractivity contribution < 1.29 is 4.42 Å². The highest BCUT2D eigenvalue weighted by molar-refractivity contribution is 5.24. The van der Waals surface area contributed by atoms with E-state index in [9.17, 15) is 0 Å². The molecule has 2 nitrogen and oxygen atoms in total. The Bertz CT molecular complexity index is 284. The molecule has 0 bridgehead atoms. The van der Waals surface area contributed by atoms with Crippen molar-refractivity contribution in [3.63, 3.8) is 0 Å². The molecule has 0 amide bonds. The second kappa shape index (κ2) is 3.54. The van der Waals surface area contributed by atoms with Crippen molar-refractivity contribution >= 4 is 0 Å². The Labute approximate surface area is 79.3 Å². The molecular formula is C11H17NO. The van der Waals surface area contributed by atoms with E-state index in [2.05, 4.69) is 18.3 Å². The van der Waals surface area contributed by atoms with E-state index in [1.54, 1.807) is 0 Å². The van der Waals surface area contributed by atoms with Crippen molar-refractivity contribution in [1.82, 2.24) is 5.32 Å². The van der Waals surface area contributed by atoms with Gasteiger partial charge in [-0.1, -0.05) is 6.42 Å². The molecule has 0 aromatic carbocycles. The molecule has 2 heteroatoms. The lowest BCUT2D eigenvalue weighted by atomic mass is 9.98. The van der Waals surface area contributed by atoms with Crippen LogP contribution in [-0.4, -0.2) is 6.54 Å². The van der Waals surface area contributed by atoms with E-state index in [0.29, 0.717) is 6.04 Å². The Kier molecular flexibility index (Phi) is 2.40.